The molecule has 82 valence electrons. The molecule has 2 heteroatoms. The highest BCUT2D eigenvalue weighted by molar-refractivity contribution is 9.10. The van der Waals surface area contributed by atoms with Crippen molar-refractivity contribution in [1.29, 1.82) is 0 Å². The van der Waals surface area contributed by atoms with Crippen molar-refractivity contribution in [3.8, 4) is 0 Å². The van der Waals surface area contributed by atoms with Gasteiger partial charge in [-0.3, -0.25) is 0 Å². The van der Waals surface area contributed by atoms with Gasteiger partial charge in [0.05, 0.1) is 6.61 Å². The third kappa shape index (κ3) is 2.34. The molecular formula is C14H13BrO. The van der Waals surface area contributed by atoms with E-state index in [1.165, 1.54) is 16.3 Å². The highest BCUT2D eigenvalue weighted by Gasteiger charge is 2.01. The van der Waals surface area contributed by atoms with Crippen LogP contribution in [-0.2, 0) is 4.74 Å². The molecule has 0 atom stereocenters. The Balaban J connectivity index is 2.52. The second-order valence-electron chi connectivity index (χ2n) is 3.54. The second-order valence-corrected chi connectivity index (χ2v) is 4.40. The smallest absolute Gasteiger partial charge is 0.0646 e. The predicted octanol–water partition coefficient (Wildman–Crippen LogP) is 4.26. The molecule has 0 aliphatic heterocycles. The van der Waals surface area contributed by atoms with Crippen molar-refractivity contribution in [3.63, 3.8) is 0 Å². The van der Waals surface area contributed by atoms with Gasteiger partial charge in [0.2, 0.25) is 0 Å². The summed E-state index contributed by atoms with van der Waals surface area (Å²) in [6.45, 7) is 0.640. The van der Waals surface area contributed by atoms with Gasteiger partial charge < -0.3 is 4.74 Å². The first kappa shape index (κ1) is 11.4. The molecule has 0 unspecified atom stereocenters. The summed E-state index contributed by atoms with van der Waals surface area (Å²) in [7, 11) is 1.70. The van der Waals surface area contributed by atoms with E-state index in [9.17, 15) is 0 Å². The van der Waals surface area contributed by atoms with E-state index in [1.54, 1.807) is 7.11 Å². The number of methoxy groups -OCH3 is 1. The minimum atomic E-state index is 0.640. The van der Waals surface area contributed by atoms with Gasteiger partial charge in [-0.25, -0.2) is 0 Å². The zero-order chi connectivity index (χ0) is 11.4. The van der Waals surface area contributed by atoms with E-state index in [0.717, 1.165) is 4.47 Å². The molecule has 0 aliphatic rings. The zero-order valence-corrected chi connectivity index (χ0v) is 10.7. The SMILES string of the molecule is COC/C=C/c1cccc2cccc(Br)c12. The lowest BCUT2D eigenvalue weighted by molar-refractivity contribution is 0.234. The van der Waals surface area contributed by atoms with Gasteiger partial charge in [-0.15, -0.1) is 0 Å². The third-order valence-electron chi connectivity index (χ3n) is 2.45. The number of fused-ring (bicyclic) bond motifs is 1. The fourth-order valence-electron chi connectivity index (χ4n) is 1.73. The minimum Gasteiger partial charge on any atom is -0.381 e. The lowest BCUT2D eigenvalue weighted by Crippen LogP contribution is -1.83. The van der Waals surface area contributed by atoms with Crippen LogP contribution in [0.1, 0.15) is 5.56 Å². The zero-order valence-electron chi connectivity index (χ0n) is 9.11. The number of hydrogen-bond donors (Lipinski definition) is 0. The molecule has 1 nitrogen and oxygen atoms in total. The van der Waals surface area contributed by atoms with Gasteiger partial charge in [0.25, 0.3) is 0 Å². The van der Waals surface area contributed by atoms with Crippen LogP contribution in [0.25, 0.3) is 16.8 Å². The van der Waals surface area contributed by atoms with Crippen LogP contribution in [0, 0.1) is 0 Å². The lowest BCUT2D eigenvalue weighted by atomic mass is 10.0. The summed E-state index contributed by atoms with van der Waals surface area (Å²) < 4.78 is 6.13. The van der Waals surface area contributed by atoms with E-state index in [2.05, 4.69) is 58.4 Å². The summed E-state index contributed by atoms with van der Waals surface area (Å²) >= 11 is 3.59. The van der Waals surface area contributed by atoms with E-state index in [1.807, 2.05) is 6.08 Å². The average molecular weight is 277 g/mol. The molecule has 0 amide bonds. The van der Waals surface area contributed by atoms with Crippen LogP contribution in [0.15, 0.2) is 46.9 Å². The molecule has 2 rings (SSSR count). The molecule has 2 aromatic carbocycles. The maximum Gasteiger partial charge on any atom is 0.0646 e. The van der Waals surface area contributed by atoms with Crippen LogP contribution < -0.4 is 0 Å². The van der Waals surface area contributed by atoms with Gasteiger partial charge >= 0.3 is 0 Å². The molecule has 0 aliphatic carbocycles. The molecule has 0 saturated heterocycles. The largest absolute Gasteiger partial charge is 0.381 e. The number of benzene rings is 2. The van der Waals surface area contributed by atoms with Gasteiger partial charge in [0.15, 0.2) is 0 Å². The van der Waals surface area contributed by atoms with Crippen LogP contribution in [0.4, 0.5) is 0 Å². The summed E-state index contributed by atoms with van der Waals surface area (Å²) in [6, 6.07) is 12.5. The first-order chi connectivity index (χ1) is 7.83. The van der Waals surface area contributed by atoms with Gasteiger partial charge in [0.1, 0.15) is 0 Å². The van der Waals surface area contributed by atoms with E-state index in [-0.39, 0.29) is 0 Å². The van der Waals surface area contributed by atoms with Crippen LogP contribution in [0.5, 0.6) is 0 Å². The summed E-state index contributed by atoms with van der Waals surface area (Å²) in [5.41, 5.74) is 1.21. The Morgan fingerprint density at radius 1 is 1.19 bits per heavy atom. The number of halogens is 1. The topological polar surface area (TPSA) is 9.23 Å². The van der Waals surface area contributed by atoms with Gasteiger partial charge in [-0.2, -0.15) is 0 Å². The van der Waals surface area contributed by atoms with Crippen molar-refractivity contribution < 1.29 is 4.74 Å². The fourth-order valence-corrected chi connectivity index (χ4v) is 2.34. The molecule has 2 aromatic rings. The maximum atomic E-state index is 5.01. The van der Waals surface area contributed by atoms with Crippen molar-refractivity contribution >= 4 is 32.8 Å². The standard InChI is InChI=1S/C14H13BrO/c1-16-10-4-8-12-6-2-5-11-7-3-9-13(15)14(11)12/h2-9H,10H2,1H3/b8-4+. The number of rotatable bonds is 3. The number of ether oxygens (including phenoxy) is 1. The molecule has 16 heavy (non-hydrogen) atoms. The van der Waals surface area contributed by atoms with Crippen LogP contribution in [0.3, 0.4) is 0 Å². The average Bonchev–Trinajstić information content (AvgIpc) is 2.30. The molecule has 0 bridgehead atoms. The van der Waals surface area contributed by atoms with E-state index in [4.69, 9.17) is 4.74 Å². The molecule has 0 saturated carbocycles. The Morgan fingerprint density at radius 2 is 1.94 bits per heavy atom. The quantitative estimate of drug-likeness (QED) is 0.814. The van der Waals surface area contributed by atoms with Gasteiger partial charge in [-0.05, 0) is 17.0 Å². The van der Waals surface area contributed by atoms with Crippen LogP contribution >= 0.6 is 15.9 Å². The Kier molecular flexibility index (Phi) is 3.75. The van der Waals surface area contributed by atoms with Crippen molar-refractivity contribution in [1.82, 2.24) is 0 Å². The Labute approximate surface area is 104 Å². The first-order valence-electron chi connectivity index (χ1n) is 5.15. The molecule has 0 N–H and O–H groups in total. The molecular weight excluding hydrogens is 264 g/mol. The Bertz CT molecular complexity index is 512. The molecule has 0 fully saturated rings. The Morgan fingerprint density at radius 3 is 2.69 bits per heavy atom. The van der Waals surface area contributed by atoms with E-state index in [0.29, 0.717) is 6.61 Å². The van der Waals surface area contributed by atoms with E-state index < -0.39 is 0 Å². The predicted molar refractivity (Wildman–Crippen MR) is 72.6 cm³/mol. The maximum absolute atomic E-state index is 5.01. The first-order valence-corrected chi connectivity index (χ1v) is 5.95. The highest BCUT2D eigenvalue weighted by atomic mass is 79.9. The van der Waals surface area contributed by atoms with Gasteiger partial charge in [-0.1, -0.05) is 58.4 Å². The highest BCUT2D eigenvalue weighted by Crippen LogP contribution is 2.27. The van der Waals surface area contributed by atoms with Crippen molar-refractivity contribution in [2.75, 3.05) is 13.7 Å². The molecule has 0 aromatic heterocycles. The third-order valence-corrected chi connectivity index (χ3v) is 3.11. The minimum absolute atomic E-state index is 0.640. The van der Waals surface area contributed by atoms with Crippen molar-refractivity contribution in [2.45, 2.75) is 0 Å². The molecule has 0 heterocycles. The summed E-state index contributed by atoms with van der Waals surface area (Å²) in [5.74, 6) is 0. The van der Waals surface area contributed by atoms with Gasteiger partial charge in [0, 0.05) is 17.0 Å². The fraction of sp³-hybridized carbons (Fsp3) is 0.143. The van der Waals surface area contributed by atoms with Crippen LogP contribution in [0.2, 0.25) is 0 Å². The Hall–Kier alpha value is -1.12. The molecule has 0 radical (unpaired) electrons. The summed E-state index contributed by atoms with van der Waals surface area (Å²) in [6.07, 6.45) is 4.12. The number of hydrogen-bond acceptors (Lipinski definition) is 1. The second kappa shape index (κ2) is 5.28. The van der Waals surface area contributed by atoms with Crippen molar-refractivity contribution in [2.24, 2.45) is 0 Å². The monoisotopic (exact) mass is 276 g/mol. The molecule has 0 spiro atoms. The summed E-state index contributed by atoms with van der Waals surface area (Å²) in [4.78, 5) is 0. The van der Waals surface area contributed by atoms with Crippen LogP contribution in [-0.4, -0.2) is 13.7 Å². The normalized spacial score (nSPS) is 11.4. The summed E-state index contributed by atoms with van der Waals surface area (Å²) in [5, 5.41) is 2.49. The van der Waals surface area contributed by atoms with E-state index >= 15 is 0 Å². The lowest BCUT2D eigenvalue weighted by Gasteiger charge is -2.04. The van der Waals surface area contributed by atoms with Crippen molar-refractivity contribution in [3.05, 3.63) is 52.5 Å².